The average molecular weight is 512 g/mol. The van der Waals surface area contributed by atoms with Crippen LogP contribution in [0.4, 0.5) is 5.69 Å². The number of amides is 1. The molecule has 1 aromatic heterocycles. The molecule has 2 heterocycles. The molecule has 0 spiro atoms. The van der Waals surface area contributed by atoms with E-state index in [9.17, 15) is 19.6 Å². The molecule has 10 nitrogen and oxygen atoms in total. The zero-order chi connectivity index (χ0) is 25.9. The van der Waals surface area contributed by atoms with Crippen LogP contribution in [-0.4, -0.2) is 67.3 Å². The largest absolute Gasteiger partial charge is 0.484 e. The number of hydrogen-bond acceptors (Lipinski definition) is 9. The van der Waals surface area contributed by atoms with Gasteiger partial charge in [0.2, 0.25) is 0 Å². The van der Waals surface area contributed by atoms with Gasteiger partial charge >= 0.3 is 5.97 Å². The summed E-state index contributed by atoms with van der Waals surface area (Å²) in [5, 5.41) is 15.9. The zero-order valence-corrected chi connectivity index (χ0v) is 20.9. The monoisotopic (exact) mass is 511 g/mol. The molecule has 0 unspecified atom stereocenters. The van der Waals surface area contributed by atoms with Crippen LogP contribution in [0.2, 0.25) is 0 Å². The fraction of sp³-hybridized carbons (Fsp3) is 0.360. The highest BCUT2D eigenvalue weighted by molar-refractivity contribution is 7.07. The molecule has 2 aromatic rings. The number of nitrogens with one attached hydrogen (secondary N) is 2. The Morgan fingerprint density at radius 1 is 1.33 bits per heavy atom. The van der Waals surface area contributed by atoms with E-state index < -0.39 is 5.97 Å². The molecule has 0 bridgehead atoms. The Labute approximate surface area is 212 Å². The van der Waals surface area contributed by atoms with Gasteiger partial charge in [0.05, 0.1) is 4.53 Å². The second-order valence-electron chi connectivity index (χ2n) is 7.73. The van der Waals surface area contributed by atoms with Crippen LogP contribution >= 0.6 is 11.3 Å². The van der Waals surface area contributed by atoms with E-state index in [1.165, 1.54) is 10.6 Å². The maximum absolute atomic E-state index is 12.8. The summed E-state index contributed by atoms with van der Waals surface area (Å²) < 4.78 is 12.7. The van der Waals surface area contributed by atoms with E-state index in [0.29, 0.717) is 36.5 Å². The molecule has 2 N–H and O–H groups in total. The Kier molecular flexibility index (Phi) is 9.85. The van der Waals surface area contributed by atoms with Gasteiger partial charge in [0.25, 0.3) is 11.5 Å². The van der Waals surface area contributed by atoms with Crippen molar-refractivity contribution in [3.8, 4) is 11.8 Å². The third kappa shape index (κ3) is 6.84. The number of ether oxygens (including phenoxy) is 2. The smallest absolute Gasteiger partial charge is 0.352 e. The van der Waals surface area contributed by atoms with Crippen molar-refractivity contribution in [1.29, 1.82) is 5.26 Å². The van der Waals surface area contributed by atoms with Gasteiger partial charge in [-0.3, -0.25) is 14.2 Å². The lowest BCUT2D eigenvalue weighted by molar-refractivity contribution is -0.135. The molecule has 1 aromatic carbocycles. The molecule has 3 rings (SSSR count). The van der Waals surface area contributed by atoms with Gasteiger partial charge < -0.3 is 25.0 Å². The van der Waals surface area contributed by atoms with Gasteiger partial charge in [-0.1, -0.05) is 18.7 Å². The lowest BCUT2D eigenvalue weighted by Crippen LogP contribution is -2.47. The Morgan fingerprint density at radius 2 is 2.11 bits per heavy atom. The number of nitriles is 1. The van der Waals surface area contributed by atoms with Crippen LogP contribution in [0.1, 0.15) is 6.92 Å². The van der Waals surface area contributed by atoms with Crippen LogP contribution in [0, 0.1) is 11.3 Å². The van der Waals surface area contributed by atoms with E-state index in [1.54, 1.807) is 30.0 Å². The van der Waals surface area contributed by atoms with E-state index in [-0.39, 0.29) is 34.9 Å². The van der Waals surface area contributed by atoms with Crippen molar-refractivity contribution in [1.82, 2.24) is 14.8 Å². The van der Waals surface area contributed by atoms with E-state index in [0.717, 1.165) is 30.1 Å². The summed E-state index contributed by atoms with van der Waals surface area (Å²) in [7, 11) is 0. The van der Waals surface area contributed by atoms with E-state index in [2.05, 4.69) is 17.2 Å². The first kappa shape index (κ1) is 26.7. The van der Waals surface area contributed by atoms with Crippen molar-refractivity contribution < 1.29 is 19.1 Å². The van der Waals surface area contributed by atoms with Crippen molar-refractivity contribution in [2.24, 2.45) is 0 Å². The second kappa shape index (κ2) is 13.3. The number of piperazine rings is 1. The second-order valence-corrected chi connectivity index (χ2v) is 8.76. The predicted molar refractivity (Wildman–Crippen MR) is 138 cm³/mol. The minimum Gasteiger partial charge on any atom is -0.484 e. The fourth-order valence-electron chi connectivity index (χ4n) is 3.53. The molecule has 11 heteroatoms. The summed E-state index contributed by atoms with van der Waals surface area (Å²) in [6.45, 7) is 8.74. The minimum atomic E-state index is -0.794. The molecule has 0 radical (unpaired) electrons. The van der Waals surface area contributed by atoms with Crippen molar-refractivity contribution in [2.75, 3.05) is 51.3 Å². The normalized spacial score (nSPS) is 14.6. The van der Waals surface area contributed by atoms with Gasteiger partial charge in [0.1, 0.15) is 23.1 Å². The number of benzene rings is 1. The molecule has 1 fully saturated rings. The number of nitrogens with zero attached hydrogens (tertiary/aromatic N) is 3. The average Bonchev–Trinajstić information content (AvgIpc) is 3.21. The predicted octanol–water partition coefficient (Wildman–Crippen LogP) is 0.0364. The summed E-state index contributed by atoms with van der Waals surface area (Å²) in [4.78, 5) is 39.1. The lowest BCUT2D eigenvalue weighted by Gasteiger charge is -2.27. The van der Waals surface area contributed by atoms with Gasteiger partial charge in [0.15, 0.2) is 12.2 Å². The summed E-state index contributed by atoms with van der Waals surface area (Å²) >= 11 is 1.07. The molecule has 36 heavy (non-hydrogen) atoms. The van der Waals surface area contributed by atoms with Crippen LogP contribution < -0.4 is 30.1 Å². The Morgan fingerprint density at radius 3 is 2.81 bits per heavy atom. The first-order valence-electron chi connectivity index (χ1n) is 11.6. The SMILES string of the molecule is C=CCOC(=O)/C(C#N)=c1\s/c(=C\CNc2cccc(OCC(=O)N3CCNCC3)c2)c(=O)n1CC. The van der Waals surface area contributed by atoms with Crippen LogP contribution in [0.25, 0.3) is 11.6 Å². The van der Waals surface area contributed by atoms with E-state index in [1.807, 2.05) is 18.2 Å². The molecule has 1 amide bonds. The molecule has 1 aliphatic heterocycles. The molecule has 190 valence electrons. The van der Waals surface area contributed by atoms with Crippen molar-refractivity contribution >= 4 is 40.5 Å². The fourth-order valence-corrected chi connectivity index (χ4v) is 4.65. The molecule has 1 saturated heterocycles. The van der Waals surface area contributed by atoms with Crippen molar-refractivity contribution in [3.63, 3.8) is 0 Å². The number of esters is 1. The van der Waals surface area contributed by atoms with Gasteiger partial charge in [-0.05, 0) is 25.1 Å². The summed E-state index contributed by atoms with van der Waals surface area (Å²) in [5.41, 5.74) is 0.254. The first-order valence-corrected chi connectivity index (χ1v) is 12.4. The van der Waals surface area contributed by atoms with Gasteiger partial charge in [-0.25, -0.2) is 4.79 Å². The van der Waals surface area contributed by atoms with Crippen LogP contribution in [0.3, 0.4) is 0 Å². The maximum Gasteiger partial charge on any atom is 0.352 e. The zero-order valence-electron chi connectivity index (χ0n) is 20.1. The third-order valence-electron chi connectivity index (χ3n) is 5.35. The first-order chi connectivity index (χ1) is 17.5. The van der Waals surface area contributed by atoms with Crippen LogP contribution in [-0.2, 0) is 20.9 Å². The molecule has 0 aliphatic carbocycles. The highest BCUT2D eigenvalue weighted by atomic mass is 32.1. The topological polar surface area (TPSA) is 126 Å². The van der Waals surface area contributed by atoms with Crippen molar-refractivity contribution in [2.45, 2.75) is 13.5 Å². The summed E-state index contributed by atoms with van der Waals surface area (Å²) in [5.74, 6) is -0.287. The highest BCUT2D eigenvalue weighted by Crippen LogP contribution is 2.17. The molecular formula is C25H29N5O5S. The van der Waals surface area contributed by atoms with Crippen LogP contribution in [0.5, 0.6) is 5.75 Å². The maximum atomic E-state index is 12.8. The number of thiazole rings is 1. The van der Waals surface area contributed by atoms with Gasteiger partial charge in [-0.2, -0.15) is 5.26 Å². The van der Waals surface area contributed by atoms with Crippen molar-refractivity contribution in [3.05, 3.63) is 56.5 Å². The summed E-state index contributed by atoms with van der Waals surface area (Å²) in [6.07, 6.45) is 3.11. The Balaban J connectivity index is 1.70. The lowest BCUT2D eigenvalue weighted by atomic mass is 10.3. The number of carbonyl (C=O) groups is 2. The summed E-state index contributed by atoms with van der Waals surface area (Å²) in [6, 6.07) is 9.06. The third-order valence-corrected chi connectivity index (χ3v) is 6.52. The standard InChI is InChI=1S/C25H29N5O5S/c1-3-14-34-25(33)20(16-26)24-30(4-2)23(32)21(36-24)8-9-28-18-6-5-7-19(15-18)35-17-22(31)29-12-10-27-11-13-29/h3,5-8,15,27-28H,1,4,9-14,17H2,2H3/b21-8-,24-20-. The molecule has 0 saturated carbocycles. The van der Waals surface area contributed by atoms with Crippen LogP contribution in [0.15, 0.2) is 41.7 Å². The van der Waals surface area contributed by atoms with Gasteiger partial charge in [-0.15, -0.1) is 11.3 Å². The minimum absolute atomic E-state index is 0.0265. The molecular weight excluding hydrogens is 482 g/mol. The van der Waals surface area contributed by atoms with E-state index >= 15 is 0 Å². The Bertz CT molecular complexity index is 1320. The quantitative estimate of drug-likeness (QED) is 0.338. The van der Waals surface area contributed by atoms with E-state index in [4.69, 9.17) is 9.47 Å². The molecule has 1 aliphatic rings. The molecule has 0 atom stereocenters. The Hall–Kier alpha value is -3.88. The number of rotatable bonds is 10. The number of aromatic nitrogens is 1. The highest BCUT2D eigenvalue weighted by Gasteiger charge is 2.17. The van der Waals surface area contributed by atoms with Gasteiger partial charge in [0, 0.05) is 51.0 Å². The number of carbonyl (C=O) groups excluding carboxylic acids is 2. The number of hydrogen-bond donors (Lipinski definition) is 2. The number of anilines is 1.